The number of halogens is 1. The zero-order chi connectivity index (χ0) is 10.8. The van der Waals surface area contributed by atoms with Crippen LogP contribution in [0.1, 0.15) is 9.67 Å². The summed E-state index contributed by atoms with van der Waals surface area (Å²) in [5.74, 6) is -1.32. The Bertz CT molecular complexity index is 492. The molecule has 0 aliphatic carbocycles. The molecule has 0 aliphatic heterocycles. The van der Waals surface area contributed by atoms with Crippen molar-refractivity contribution < 1.29 is 14.3 Å². The lowest BCUT2D eigenvalue weighted by Gasteiger charge is -1.94. The summed E-state index contributed by atoms with van der Waals surface area (Å²) in [7, 11) is 0. The minimum atomic E-state index is -0.999. The summed E-state index contributed by atoms with van der Waals surface area (Å²) in [5.41, 5.74) is 0.717. The van der Waals surface area contributed by atoms with E-state index in [-0.39, 0.29) is 10.7 Å². The summed E-state index contributed by atoms with van der Waals surface area (Å²) in [6.07, 6.45) is 1.30. The number of aromatic carboxylic acids is 1. The quantitative estimate of drug-likeness (QED) is 0.851. The lowest BCUT2D eigenvalue weighted by molar-refractivity contribution is 0.0702. The molecule has 0 amide bonds. The van der Waals surface area contributed by atoms with Crippen LogP contribution in [0.25, 0.3) is 10.6 Å². The summed E-state index contributed by atoms with van der Waals surface area (Å²) in [6.45, 7) is 0. The zero-order valence-electron chi connectivity index (χ0n) is 7.48. The molecule has 1 N–H and O–H groups in total. The number of hydrogen-bond donors (Lipinski definition) is 1. The Morgan fingerprint density at radius 2 is 2.00 bits per heavy atom. The van der Waals surface area contributed by atoms with Crippen LogP contribution in [0.5, 0.6) is 0 Å². The van der Waals surface area contributed by atoms with E-state index in [9.17, 15) is 9.18 Å². The second kappa shape index (κ2) is 3.78. The Morgan fingerprint density at radius 1 is 1.33 bits per heavy atom. The van der Waals surface area contributed by atoms with Gasteiger partial charge in [0.2, 0.25) is 0 Å². The van der Waals surface area contributed by atoms with Gasteiger partial charge in [-0.1, -0.05) is 0 Å². The minimum absolute atomic E-state index is 0.175. The molecule has 0 spiro atoms. The SMILES string of the molecule is O=C(O)c1cnc(-c2ccc(F)cc2)s1. The number of rotatable bonds is 2. The number of aromatic nitrogens is 1. The van der Waals surface area contributed by atoms with Gasteiger partial charge in [-0.15, -0.1) is 11.3 Å². The molecule has 3 nitrogen and oxygen atoms in total. The number of nitrogens with zero attached hydrogens (tertiary/aromatic N) is 1. The van der Waals surface area contributed by atoms with E-state index in [1.807, 2.05) is 0 Å². The van der Waals surface area contributed by atoms with E-state index in [0.29, 0.717) is 10.6 Å². The second-order valence-corrected chi connectivity index (χ2v) is 3.87. The van der Waals surface area contributed by atoms with Crippen LogP contribution in [0, 0.1) is 5.82 Å². The lowest BCUT2D eigenvalue weighted by Crippen LogP contribution is -1.89. The summed E-state index contributed by atoms with van der Waals surface area (Å²) in [6, 6.07) is 5.77. The highest BCUT2D eigenvalue weighted by Crippen LogP contribution is 2.24. The van der Waals surface area contributed by atoms with E-state index in [1.165, 1.54) is 18.3 Å². The largest absolute Gasteiger partial charge is 0.477 e. The van der Waals surface area contributed by atoms with E-state index >= 15 is 0 Å². The molecule has 0 unspecified atom stereocenters. The zero-order valence-corrected chi connectivity index (χ0v) is 8.29. The molecular formula is C10H6FNO2S. The minimum Gasteiger partial charge on any atom is -0.477 e. The van der Waals surface area contributed by atoms with Crippen molar-refractivity contribution in [3.63, 3.8) is 0 Å². The highest BCUT2D eigenvalue weighted by Gasteiger charge is 2.09. The number of thiazole rings is 1. The van der Waals surface area contributed by atoms with Gasteiger partial charge in [-0.2, -0.15) is 0 Å². The molecule has 2 aromatic rings. The van der Waals surface area contributed by atoms with Crippen molar-refractivity contribution in [3.8, 4) is 10.6 Å². The first-order valence-electron chi connectivity index (χ1n) is 4.12. The monoisotopic (exact) mass is 223 g/mol. The molecule has 0 fully saturated rings. The first-order valence-corrected chi connectivity index (χ1v) is 4.93. The molecule has 0 radical (unpaired) electrons. The van der Waals surface area contributed by atoms with E-state index < -0.39 is 5.97 Å². The van der Waals surface area contributed by atoms with Crippen LogP contribution in [0.3, 0.4) is 0 Å². The van der Waals surface area contributed by atoms with Gasteiger partial charge in [0, 0.05) is 5.56 Å². The molecule has 5 heteroatoms. The van der Waals surface area contributed by atoms with Crippen molar-refractivity contribution in [2.75, 3.05) is 0 Å². The van der Waals surface area contributed by atoms with Crippen LogP contribution in [0.15, 0.2) is 30.5 Å². The van der Waals surface area contributed by atoms with Crippen LogP contribution < -0.4 is 0 Å². The van der Waals surface area contributed by atoms with Crippen molar-refractivity contribution >= 4 is 17.3 Å². The average Bonchev–Trinajstić information content (AvgIpc) is 2.68. The van der Waals surface area contributed by atoms with Gasteiger partial charge in [-0.25, -0.2) is 14.2 Å². The molecule has 0 aliphatic rings. The van der Waals surface area contributed by atoms with Crippen LogP contribution in [-0.2, 0) is 0 Å². The summed E-state index contributed by atoms with van der Waals surface area (Å²) in [4.78, 5) is 14.7. The van der Waals surface area contributed by atoms with Crippen molar-refractivity contribution in [1.82, 2.24) is 4.98 Å². The van der Waals surface area contributed by atoms with Crippen molar-refractivity contribution in [2.24, 2.45) is 0 Å². The van der Waals surface area contributed by atoms with Gasteiger partial charge in [0.25, 0.3) is 0 Å². The van der Waals surface area contributed by atoms with Crippen molar-refractivity contribution in [3.05, 3.63) is 41.2 Å². The van der Waals surface area contributed by atoms with Gasteiger partial charge < -0.3 is 5.11 Å². The third-order valence-corrected chi connectivity index (χ3v) is 2.84. The summed E-state index contributed by atoms with van der Waals surface area (Å²) < 4.78 is 12.6. The third kappa shape index (κ3) is 2.02. The molecule has 0 atom stereocenters. The second-order valence-electron chi connectivity index (χ2n) is 2.84. The van der Waals surface area contributed by atoms with Gasteiger partial charge in [-0.3, -0.25) is 0 Å². The molecule has 2 rings (SSSR count). The fourth-order valence-corrected chi connectivity index (χ4v) is 1.86. The number of benzene rings is 1. The lowest BCUT2D eigenvalue weighted by atomic mass is 10.2. The Balaban J connectivity index is 2.37. The molecule has 0 saturated carbocycles. The maximum atomic E-state index is 12.6. The maximum Gasteiger partial charge on any atom is 0.347 e. The first kappa shape index (κ1) is 9.79. The third-order valence-electron chi connectivity index (χ3n) is 1.81. The fourth-order valence-electron chi connectivity index (χ4n) is 1.10. The standard InChI is InChI=1S/C10H6FNO2S/c11-7-3-1-6(2-4-7)9-12-5-8(15-9)10(13)14/h1-5H,(H,13,14). The Kier molecular flexibility index (Phi) is 2.47. The van der Waals surface area contributed by atoms with Crippen LogP contribution in [-0.4, -0.2) is 16.1 Å². The Hall–Kier alpha value is -1.75. The van der Waals surface area contributed by atoms with E-state index in [4.69, 9.17) is 5.11 Å². The van der Waals surface area contributed by atoms with Crippen LogP contribution in [0.2, 0.25) is 0 Å². The molecule has 1 heterocycles. The maximum absolute atomic E-state index is 12.6. The molecular weight excluding hydrogens is 217 g/mol. The van der Waals surface area contributed by atoms with Crippen molar-refractivity contribution in [1.29, 1.82) is 0 Å². The van der Waals surface area contributed by atoms with E-state index in [0.717, 1.165) is 11.3 Å². The van der Waals surface area contributed by atoms with Gasteiger partial charge in [-0.05, 0) is 24.3 Å². The highest BCUT2D eigenvalue weighted by molar-refractivity contribution is 7.16. The molecule has 0 bridgehead atoms. The fraction of sp³-hybridized carbons (Fsp3) is 0. The van der Waals surface area contributed by atoms with Gasteiger partial charge >= 0.3 is 5.97 Å². The predicted octanol–water partition coefficient (Wildman–Crippen LogP) is 2.65. The molecule has 0 saturated heterocycles. The first-order chi connectivity index (χ1) is 7.16. The molecule has 1 aromatic carbocycles. The van der Waals surface area contributed by atoms with Gasteiger partial charge in [0.1, 0.15) is 15.7 Å². The Morgan fingerprint density at radius 3 is 2.53 bits per heavy atom. The van der Waals surface area contributed by atoms with Gasteiger partial charge in [0.15, 0.2) is 0 Å². The van der Waals surface area contributed by atoms with Crippen molar-refractivity contribution in [2.45, 2.75) is 0 Å². The number of carboxylic acid groups (broad SMARTS) is 1. The predicted molar refractivity (Wildman–Crippen MR) is 54.5 cm³/mol. The average molecular weight is 223 g/mol. The van der Waals surface area contributed by atoms with Crippen LogP contribution in [0.4, 0.5) is 4.39 Å². The number of hydrogen-bond acceptors (Lipinski definition) is 3. The normalized spacial score (nSPS) is 10.2. The highest BCUT2D eigenvalue weighted by atomic mass is 32.1. The number of carboxylic acids is 1. The van der Waals surface area contributed by atoms with E-state index in [2.05, 4.69) is 4.98 Å². The topological polar surface area (TPSA) is 50.2 Å². The molecule has 1 aromatic heterocycles. The molecule has 15 heavy (non-hydrogen) atoms. The van der Waals surface area contributed by atoms with E-state index in [1.54, 1.807) is 12.1 Å². The van der Waals surface area contributed by atoms with Gasteiger partial charge in [0.05, 0.1) is 6.20 Å². The number of carbonyl (C=O) groups is 1. The summed E-state index contributed by atoms with van der Waals surface area (Å²) in [5, 5.41) is 9.28. The Labute approximate surface area is 88.8 Å². The van der Waals surface area contributed by atoms with Crippen LogP contribution >= 0.6 is 11.3 Å². The summed E-state index contributed by atoms with van der Waals surface area (Å²) >= 11 is 1.07. The smallest absolute Gasteiger partial charge is 0.347 e. The molecule has 76 valence electrons.